The molecule has 0 radical (unpaired) electrons. The molecule has 1 fully saturated rings. The lowest BCUT2D eigenvalue weighted by Crippen LogP contribution is -2.45. The van der Waals surface area contributed by atoms with E-state index in [0.717, 1.165) is 12.8 Å². The molecule has 2 amide bonds. The minimum absolute atomic E-state index is 0.182. The lowest BCUT2D eigenvalue weighted by molar-refractivity contribution is -0.137. The summed E-state index contributed by atoms with van der Waals surface area (Å²) < 4.78 is 6.48. The van der Waals surface area contributed by atoms with Gasteiger partial charge >= 0.3 is 12.0 Å². The second kappa shape index (κ2) is 7.02. The standard InChI is InChI=1S/C12H19N5O4/c1-16(10-2-4-21-5-3-10)12(20)13-6-9-7-17(15-14-9)8-11(18)19/h7,10H,2-6,8H2,1H3,(H,13,20)(H,18,19). The number of carboxylic acids is 1. The maximum atomic E-state index is 12.0. The van der Waals surface area contributed by atoms with Crippen molar-refractivity contribution < 1.29 is 19.4 Å². The van der Waals surface area contributed by atoms with Crippen molar-refractivity contribution >= 4 is 12.0 Å². The predicted molar refractivity (Wildman–Crippen MR) is 71.5 cm³/mol. The van der Waals surface area contributed by atoms with E-state index >= 15 is 0 Å². The zero-order valence-electron chi connectivity index (χ0n) is 11.9. The van der Waals surface area contributed by atoms with Crippen LogP contribution in [0, 0.1) is 0 Å². The molecule has 21 heavy (non-hydrogen) atoms. The van der Waals surface area contributed by atoms with Crippen molar-refractivity contribution in [1.82, 2.24) is 25.2 Å². The molecule has 0 atom stereocenters. The molecule has 9 nitrogen and oxygen atoms in total. The molecule has 2 N–H and O–H groups in total. The Kier molecular flexibility index (Phi) is 5.09. The number of nitrogens with zero attached hydrogens (tertiary/aromatic N) is 4. The summed E-state index contributed by atoms with van der Waals surface area (Å²) in [6, 6.07) is -0.00359. The van der Waals surface area contributed by atoms with E-state index in [2.05, 4.69) is 15.6 Å². The SMILES string of the molecule is CN(C(=O)NCc1cn(CC(=O)O)nn1)C1CCOCC1. The zero-order valence-corrected chi connectivity index (χ0v) is 11.9. The van der Waals surface area contributed by atoms with Crippen LogP contribution in [0.25, 0.3) is 0 Å². The summed E-state index contributed by atoms with van der Waals surface area (Å²) >= 11 is 0. The van der Waals surface area contributed by atoms with Crippen molar-refractivity contribution in [3.63, 3.8) is 0 Å². The van der Waals surface area contributed by atoms with Crippen LogP contribution in [-0.2, 0) is 22.6 Å². The number of urea groups is 1. The summed E-state index contributed by atoms with van der Waals surface area (Å²) in [6.07, 6.45) is 3.17. The smallest absolute Gasteiger partial charge is 0.325 e. The highest BCUT2D eigenvalue weighted by Gasteiger charge is 2.22. The minimum atomic E-state index is -0.991. The molecule has 1 aromatic rings. The monoisotopic (exact) mass is 297 g/mol. The van der Waals surface area contributed by atoms with E-state index < -0.39 is 5.97 Å². The quantitative estimate of drug-likeness (QED) is 0.771. The van der Waals surface area contributed by atoms with Crippen LogP contribution >= 0.6 is 0 Å². The van der Waals surface area contributed by atoms with E-state index in [0.29, 0.717) is 18.9 Å². The molecule has 0 aromatic carbocycles. The first-order valence-electron chi connectivity index (χ1n) is 6.75. The Morgan fingerprint density at radius 2 is 2.24 bits per heavy atom. The van der Waals surface area contributed by atoms with Gasteiger partial charge in [-0.15, -0.1) is 5.10 Å². The van der Waals surface area contributed by atoms with Gasteiger partial charge in [-0.05, 0) is 12.8 Å². The number of hydrogen-bond acceptors (Lipinski definition) is 5. The van der Waals surface area contributed by atoms with Crippen LogP contribution in [0.4, 0.5) is 4.79 Å². The summed E-state index contributed by atoms with van der Waals surface area (Å²) in [5.41, 5.74) is 0.518. The Bertz CT molecular complexity index is 498. The number of ether oxygens (including phenoxy) is 1. The Morgan fingerprint density at radius 1 is 1.52 bits per heavy atom. The van der Waals surface area contributed by atoms with Crippen LogP contribution in [0.1, 0.15) is 18.5 Å². The molecule has 1 aliphatic heterocycles. The first-order valence-corrected chi connectivity index (χ1v) is 6.75. The van der Waals surface area contributed by atoms with E-state index in [1.54, 1.807) is 11.9 Å². The molecule has 0 unspecified atom stereocenters. The fourth-order valence-electron chi connectivity index (χ4n) is 2.16. The number of aliphatic carboxylic acids is 1. The first-order chi connectivity index (χ1) is 10.1. The van der Waals surface area contributed by atoms with Gasteiger partial charge in [-0.3, -0.25) is 4.79 Å². The summed E-state index contributed by atoms with van der Waals surface area (Å²) in [6.45, 7) is 1.31. The molecule has 1 aromatic heterocycles. The van der Waals surface area contributed by atoms with E-state index in [4.69, 9.17) is 9.84 Å². The Labute approximate surface area is 121 Å². The van der Waals surface area contributed by atoms with Crippen LogP contribution in [0.3, 0.4) is 0 Å². The fourth-order valence-corrected chi connectivity index (χ4v) is 2.16. The third-order valence-corrected chi connectivity index (χ3v) is 3.36. The topological polar surface area (TPSA) is 110 Å². The Morgan fingerprint density at radius 3 is 2.90 bits per heavy atom. The molecular weight excluding hydrogens is 278 g/mol. The number of aromatic nitrogens is 3. The fraction of sp³-hybridized carbons (Fsp3) is 0.667. The van der Waals surface area contributed by atoms with Crippen LogP contribution in [0.2, 0.25) is 0 Å². The van der Waals surface area contributed by atoms with Crippen molar-refractivity contribution in [1.29, 1.82) is 0 Å². The third-order valence-electron chi connectivity index (χ3n) is 3.36. The van der Waals surface area contributed by atoms with Gasteiger partial charge in [0.2, 0.25) is 0 Å². The van der Waals surface area contributed by atoms with Gasteiger partial charge < -0.3 is 20.1 Å². The zero-order chi connectivity index (χ0) is 15.2. The number of rotatable bonds is 5. The van der Waals surface area contributed by atoms with E-state index in [1.807, 2.05) is 0 Å². The molecule has 0 aliphatic carbocycles. The van der Waals surface area contributed by atoms with Crippen molar-refractivity contribution in [3.05, 3.63) is 11.9 Å². The second-order valence-electron chi connectivity index (χ2n) is 4.91. The highest BCUT2D eigenvalue weighted by Crippen LogP contribution is 2.12. The number of amides is 2. The van der Waals surface area contributed by atoms with Gasteiger partial charge in [0.15, 0.2) is 0 Å². The molecule has 2 heterocycles. The molecule has 116 valence electrons. The lowest BCUT2D eigenvalue weighted by atomic mass is 10.1. The number of carbonyl (C=O) groups excluding carboxylic acids is 1. The maximum Gasteiger partial charge on any atom is 0.325 e. The molecule has 0 saturated carbocycles. The lowest BCUT2D eigenvalue weighted by Gasteiger charge is -2.31. The van der Waals surface area contributed by atoms with Gasteiger partial charge in [-0.25, -0.2) is 9.48 Å². The minimum Gasteiger partial charge on any atom is -0.480 e. The normalized spacial score (nSPS) is 15.7. The van der Waals surface area contributed by atoms with Crippen molar-refractivity contribution in [2.24, 2.45) is 0 Å². The Hall–Kier alpha value is -2.16. The summed E-state index contributed by atoms with van der Waals surface area (Å²) in [5, 5.41) is 18.9. The number of carbonyl (C=O) groups is 2. The van der Waals surface area contributed by atoms with Gasteiger partial charge in [0.25, 0.3) is 0 Å². The van der Waals surface area contributed by atoms with Crippen molar-refractivity contribution in [2.45, 2.75) is 32.0 Å². The van der Waals surface area contributed by atoms with E-state index in [9.17, 15) is 9.59 Å². The summed E-state index contributed by atoms with van der Waals surface area (Å²) in [7, 11) is 1.76. The molecule has 1 saturated heterocycles. The number of nitrogens with one attached hydrogen (secondary N) is 1. The van der Waals surface area contributed by atoms with Crippen LogP contribution < -0.4 is 5.32 Å². The van der Waals surface area contributed by atoms with Crippen molar-refractivity contribution in [3.8, 4) is 0 Å². The van der Waals surface area contributed by atoms with Gasteiger partial charge in [0.05, 0.1) is 12.7 Å². The van der Waals surface area contributed by atoms with Gasteiger partial charge in [0.1, 0.15) is 12.2 Å². The molecule has 0 bridgehead atoms. The van der Waals surface area contributed by atoms with E-state index in [1.165, 1.54) is 10.9 Å². The Balaban J connectivity index is 1.80. The highest BCUT2D eigenvalue weighted by molar-refractivity contribution is 5.74. The van der Waals surface area contributed by atoms with Gasteiger partial charge in [0, 0.05) is 26.3 Å². The van der Waals surface area contributed by atoms with Crippen LogP contribution in [-0.4, -0.2) is 63.3 Å². The molecule has 1 aliphatic rings. The van der Waals surface area contributed by atoms with Gasteiger partial charge in [-0.2, -0.15) is 0 Å². The number of hydrogen-bond donors (Lipinski definition) is 2. The van der Waals surface area contributed by atoms with Gasteiger partial charge in [-0.1, -0.05) is 5.21 Å². The van der Waals surface area contributed by atoms with Crippen LogP contribution in [0.5, 0.6) is 0 Å². The predicted octanol–water partition coefficient (Wildman–Crippen LogP) is -0.317. The molecule has 0 spiro atoms. The number of carboxylic acid groups (broad SMARTS) is 1. The largest absolute Gasteiger partial charge is 0.480 e. The maximum absolute atomic E-state index is 12.0. The van der Waals surface area contributed by atoms with Crippen molar-refractivity contribution in [2.75, 3.05) is 20.3 Å². The highest BCUT2D eigenvalue weighted by atomic mass is 16.5. The first kappa shape index (κ1) is 15.2. The van der Waals surface area contributed by atoms with E-state index in [-0.39, 0.29) is 25.2 Å². The summed E-state index contributed by atoms with van der Waals surface area (Å²) in [4.78, 5) is 24.2. The third kappa shape index (κ3) is 4.42. The molecular formula is C12H19N5O4. The molecule has 9 heteroatoms. The molecule has 2 rings (SSSR count). The summed E-state index contributed by atoms with van der Waals surface area (Å²) in [5.74, 6) is -0.991. The van der Waals surface area contributed by atoms with Crippen LogP contribution in [0.15, 0.2) is 6.20 Å². The average Bonchev–Trinajstić information content (AvgIpc) is 2.91. The second-order valence-corrected chi connectivity index (χ2v) is 4.91. The average molecular weight is 297 g/mol.